The molecule has 0 saturated carbocycles. The van der Waals surface area contributed by atoms with Crippen LogP contribution in [0.25, 0.3) is 0 Å². The van der Waals surface area contributed by atoms with Crippen molar-refractivity contribution in [1.82, 2.24) is 0 Å². The molecule has 0 saturated heterocycles. The molecule has 1 aromatic carbocycles. The van der Waals surface area contributed by atoms with Crippen LogP contribution in [0.2, 0.25) is 0 Å². The molecule has 0 spiro atoms. The molecular formula is C44H73KO7S. The summed E-state index contributed by atoms with van der Waals surface area (Å²) >= 11 is 0. The maximum atomic E-state index is 12.9. The zero-order chi connectivity index (χ0) is 38.0. The Morgan fingerprint density at radius 3 is 1.19 bits per heavy atom. The average molecular weight is 785 g/mol. The van der Waals surface area contributed by atoms with Gasteiger partial charge in [0.15, 0.2) is 0 Å². The van der Waals surface area contributed by atoms with E-state index in [1.165, 1.54) is 134 Å². The molecule has 0 bridgehead atoms. The van der Waals surface area contributed by atoms with Crippen molar-refractivity contribution in [1.29, 1.82) is 0 Å². The number of allylic oxidation sites excluding steroid dienone is 4. The molecule has 7 nitrogen and oxygen atoms in total. The Morgan fingerprint density at radius 1 is 0.509 bits per heavy atom. The van der Waals surface area contributed by atoms with Crippen molar-refractivity contribution in [3.05, 3.63) is 53.6 Å². The fraction of sp³-hybridized carbons (Fsp3) is 0.727. The molecule has 0 radical (unpaired) electrons. The van der Waals surface area contributed by atoms with E-state index in [1.54, 1.807) is 0 Å². The Bertz CT molecular complexity index is 1210. The van der Waals surface area contributed by atoms with E-state index in [2.05, 4.69) is 38.2 Å². The van der Waals surface area contributed by atoms with Crippen molar-refractivity contribution < 1.29 is 83.4 Å². The number of rotatable bonds is 35. The van der Waals surface area contributed by atoms with Crippen molar-refractivity contribution >= 4 is 22.1 Å². The molecule has 0 aromatic heterocycles. The van der Waals surface area contributed by atoms with Gasteiger partial charge in [0.05, 0.1) is 29.2 Å². The Labute approximate surface area is 367 Å². The van der Waals surface area contributed by atoms with Crippen molar-refractivity contribution in [2.24, 2.45) is 0 Å². The minimum atomic E-state index is -4.81. The van der Waals surface area contributed by atoms with Crippen LogP contribution in [0.1, 0.15) is 214 Å². The van der Waals surface area contributed by atoms with Gasteiger partial charge in [-0.05, 0) is 69.6 Å². The monoisotopic (exact) mass is 784 g/mol. The number of carbonyl (C=O) groups excluding carboxylic acids is 2. The summed E-state index contributed by atoms with van der Waals surface area (Å²) in [6.07, 6.45) is 42.1. The van der Waals surface area contributed by atoms with Gasteiger partial charge in [0.2, 0.25) is 0 Å². The minimum Gasteiger partial charge on any atom is -0.744 e. The van der Waals surface area contributed by atoms with Gasteiger partial charge in [-0.15, -0.1) is 0 Å². The molecule has 0 N–H and O–H groups in total. The van der Waals surface area contributed by atoms with Crippen molar-refractivity contribution in [2.45, 2.75) is 199 Å². The third-order valence-electron chi connectivity index (χ3n) is 9.50. The second kappa shape index (κ2) is 36.8. The third kappa shape index (κ3) is 30.1. The van der Waals surface area contributed by atoms with Crippen LogP contribution in [0.15, 0.2) is 47.4 Å². The van der Waals surface area contributed by atoms with Crippen molar-refractivity contribution in [3.8, 4) is 0 Å². The maximum absolute atomic E-state index is 12.9. The Morgan fingerprint density at radius 2 is 0.830 bits per heavy atom. The van der Waals surface area contributed by atoms with Gasteiger partial charge >= 0.3 is 63.3 Å². The minimum absolute atomic E-state index is 0. The summed E-state index contributed by atoms with van der Waals surface area (Å²) in [6.45, 7) is 4.81. The first-order chi connectivity index (χ1) is 25.3. The van der Waals surface area contributed by atoms with Crippen molar-refractivity contribution in [3.63, 3.8) is 0 Å². The SMILES string of the molecule is CCCC/C=C/CCCCCCCCCCCCOC(=O)c1ccc(S(=O)(=O)[O-])cc1C(=O)OCCCCCCCCCCCC/C=C/CCCC.[K+]. The number of unbranched alkanes of at least 4 members (excludes halogenated alkanes) is 24. The summed E-state index contributed by atoms with van der Waals surface area (Å²) in [5.41, 5.74) is -0.341. The standard InChI is InChI=1S/C44H74O7S.K/c1-3-5-7-9-11-13-15-17-19-21-23-25-27-29-31-33-37-50-43(45)41-36-35-40(52(47,48)49)39-42(41)44(46)51-38-34-32-30-28-26-24-22-20-18-16-14-12-10-8-6-4-2;/h9-12,35-36,39H,3-8,13-34,37-38H2,1-2H3,(H,47,48,49);/q;+1/p-1/b11-9+,12-10+;. The second-order valence-corrected chi connectivity index (χ2v) is 15.7. The van der Waals surface area contributed by atoms with Gasteiger partial charge in [-0.1, -0.05) is 167 Å². The molecule has 0 unspecified atom stereocenters. The summed E-state index contributed by atoms with van der Waals surface area (Å²) in [5.74, 6) is -1.55. The smallest absolute Gasteiger partial charge is 0.744 e. The molecule has 298 valence electrons. The average Bonchev–Trinajstić information content (AvgIpc) is 3.13. The van der Waals surface area contributed by atoms with Gasteiger partial charge in [0.25, 0.3) is 0 Å². The summed E-state index contributed by atoms with van der Waals surface area (Å²) in [4.78, 5) is 25.2. The zero-order valence-electron chi connectivity index (χ0n) is 34.0. The first-order valence-electron chi connectivity index (χ1n) is 21.0. The van der Waals surface area contributed by atoms with E-state index in [9.17, 15) is 22.6 Å². The van der Waals surface area contributed by atoms with Crippen LogP contribution < -0.4 is 51.4 Å². The number of benzene rings is 1. The molecular weight excluding hydrogens is 712 g/mol. The molecule has 0 atom stereocenters. The van der Waals surface area contributed by atoms with E-state index in [-0.39, 0.29) is 75.7 Å². The number of hydrogen-bond acceptors (Lipinski definition) is 7. The Balaban J connectivity index is 0.0000270. The van der Waals surface area contributed by atoms with Gasteiger partial charge in [-0.2, -0.15) is 0 Å². The van der Waals surface area contributed by atoms with Gasteiger partial charge in [0.1, 0.15) is 10.1 Å². The molecule has 0 heterocycles. The summed E-state index contributed by atoms with van der Waals surface area (Å²) in [6, 6.07) is 3.13. The largest absolute Gasteiger partial charge is 1.00 e. The van der Waals surface area contributed by atoms with Crippen LogP contribution in [-0.2, 0) is 19.6 Å². The number of esters is 2. The molecule has 1 rings (SSSR count). The van der Waals surface area contributed by atoms with Crippen LogP contribution in [0, 0.1) is 0 Å². The Kier molecular flexibility index (Phi) is 36.2. The van der Waals surface area contributed by atoms with Gasteiger partial charge < -0.3 is 14.0 Å². The van der Waals surface area contributed by atoms with Crippen LogP contribution in [-0.4, -0.2) is 38.1 Å². The molecule has 0 aliphatic heterocycles. The second-order valence-electron chi connectivity index (χ2n) is 14.3. The predicted molar refractivity (Wildman–Crippen MR) is 214 cm³/mol. The molecule has 0 aliphatic rings. The maximum Gasteiger partial charge on any atom is 1.00 e. The topological polar surface area (TPSA) is 110 Å². The summed E-state index contributed by atoms with van der Waals surface area (Å²) in [7, 11) is -4.81. The van der Waals surface area contributed by atoms with Crippen LogP contribution in [0.5, 0.6) is 0 Å². The van der Waals surface area contributed by atoms with Gasteiger partial charge in [-0.25, -0.2) is 18.0 Å². The Hall–Kier alpha value is -0.814. The van der Waals surface area contributed by atoms with Crippen LogP contribution in [0.3, 0.4) is 0 Å². The molecule has 9 heteroatoms. The first kappa shape index (κ1) is 52.2. The molecule has 53 heavy (non-hydrogen) atoms. The van der Waals surface area contributed by atoms with Crippen LogP contribution in [0.4, 0.5) is 0 Å². The normalized spacial score (nSPS) is 11.7. The van der Waals surface area contributed by atoms with Crippen molar-refractivity contribution in [2.75, 3.05) is 13.2 Å². The molecule has 0 fully saturated rings. The zero-order valence-corrected chi connectivity index (χ0v) is 38.0. The van der Waals surface area contributed by atoms with E-state index in [1.807, 2.05) is 0 Å². The number of carbonyl (C=O) groups is 2. The fourth-order valence-corrected chi connectivity index (χ4v) is 6.68. The summed E-state index contributed by atoms with van der Waals surface area (Å²) in [5, 5.41) is 0. The van der Waals surface area contributed by atoms with E-state index in [4.69, 9.17) is 9.47 Å². The molecule has 1 aromatic rings. The molecule has 0 aliphatic carbocycles. The van der Waals surface area contributed by atoms with E-state index < -0.39 is 27.0 Å². The first-order valence-corrected chi connectivity index (χ1v) is 22.5. The van der Waals surface area contributed by atoms with Gasteiger partial charge in [0, 0.05) is 0 Å². The molecule has 0 amide bonds. The summed E-state index contributed by atoms with van der Waals surface area (Å²) < 4.78 is 45.7. The van der Waals surface area contributed by atoms with Gasteiger partial charge in [-0.3, -0.25) is 0 Å². The predicted octanol–water partition coefficient (Wildman–Crippen LogP) is 9.98. The van der Waals surface area contributed by atoms with Crippen LogP contribution >= 0.6 is 0 Å². The van der Waals surface area contributed by atoms with E-state index >= 15 is 0 Å². The third-order valence-corrected chi connectivity index (χ3v) is 10.3. The quantitative estimate of drug-likeness (QED) is 0.0222. The van der Waals surface area contributed by atoms with E-state index in [0.717, 1.165) is 50.7 Å². The number of ether oxygens (including phenoxy) is 2. The fourth-order valence-electron chi connectivity index (χ4n) is 6.18. The number of hydrogen-bond donors (Lipinski definition) is 0. The van der Waals surface area contributed by atoms with E-state index in [0.29, 0.717) is 12.8 Å².